The molecular formula is C27H33N5O3S. The Kier molecular flexibility index (Phi) is 6.46. The third-order valence-electron chi connectivity index (χ3n) is 7.29. The van der Waals surface area contributed by atoms with Crippen molar-refractivity contribution in [2.24, 2.45) is 26.2 Å². The van der Waals surface area contributed by atoms with E-state index in [1.54, 1.807) is 11.3 Å². The number of rotatable bonds is 7. The second-order valence-corrected chi connectivity index (χ2v) is 12.2. The van der Waals surface area contributed by atoms with Crippen LogP contribution in [0.3, 0.4) is 0 Å². The van der Waals surface area contributed by atoms with Crippen LogP contribution in [0.5, 0.6) is 5.88 Å². The Morgan fingerprint density at radius 2 is 2.00 bits per heavy atom. The predicted octanol–water partition coefficient (Wildman–Crippen LogP) is 6.32. The van der Waals surface area contributed by atoms with Gasteiger partial charge in [-0.25, -0.2) is 0 Å². The smallest absolute Gasteiger partial charge is 0.304 e. The van der Waals surface area contributed by atoms with E-state index in [0.717, 1.165) is 28.7 Å². The molecule has 2 atom stereocenters. The Morgan fingerprint density at radius 3 is 2.78 bits per heavy atom. The number of oxime groups is 1. The number of hydrogen-bond donors (Lipinski definition) is 1. The number of carbonyl (C=O) groups is 1. The lowest BCUT2D eigenvalue weighted by atomic mass is 9.65. The minimum Gasteiger partial charge on any atom is -0.493 e. The van der Waals surface area contributed by atoms with Crippen molar-refractivity contribution in [2.45, 2.75) is 59.7 Å². The van der Waals surface area contributed by atoms with Crippen LogP contribution in [0.15, 0.2) is 57.2 Å². The molecule has 3 heterocycles. The molecule has 190 valence electrons. The first-order chi connectivity index (χ1) is 17.1. The van der Waals surface area contributed by atoms with Gasteiger partial charge < -0.3 is 9.94 Å². The van der Waals surface area contributed by atoms with Gasteiger partial charge in [0.1, 0.15) is 0 Å². The van der Waals surface area contributed by atoms with Crippen LogP contribution >= 0.6 is 11.3 Å². The Hall–Kier alpha value is -3.04. The first kappa shape index (κ1) is 24.6. The molecule has 1 aliphatic carbocycles. The zero-order chi connectivity index (χ0) is 25.5. The van der Waals surface area contributed by atoms with Crippen molar-refractivity contribution >= 4 is 39.5 Å². The number of azo groups is 1. The number of carbonyl (C=O) groups excluding carboxylic acids is 1. The number of aromatic hydroxyl groups is 1. The number of para-hydroxylation sites is 1. The lowest BCUT2D eigenvalue weighted by Gasteiger charge is -2.40. The predicted molar refractivity (Wildman–Crippen MR) is 142 cm³/mol. The molecule has 2 aromatic heterocycles. The minimum atomic E-state index is -0.572. The molecule has 2 fully saturated rings. The number of benzene rings is 1. The molecule has 0 radical (unpaired) electrons. The second-order valence-electron chi connectivity index (χ2n) is 11.2. The summed E-state index contributed by atoms with van der Waals surface area (Å²) >= 11 is 1.55. The third-order valence-corrected chi connectivity index (χ3v) is 8.27. The van der Waals surface area contributed by atoms with Gasteiger partial charge in [-0.15, -0.1) is 21.6 Å². The minimum absolute atomic E-state index is 0.0195. The normalized spacial score (nSPS) is 24.1. The van der Waals surface area contributed by atoms with E-state index < -0.39 is 5.91 Å². The van der Waals surface area contributed by atoms with Gasteiger partial charge in [0.15, 0.2) is 12.3 Å². The van der Waals surface area contributed by atoms with Crippen molar-refractivity contribution in [3.63, 3.8) is 0 Å². The van der Waals surface area contributed by atoms with Crippen molar-refractivity contribution < 1.29 is 14.7 Å². The summed E-state index contributed by atoms with van der Waals surface area (Å²) in [6.07, 6.45) is 3.55. The van der Waals surface area contributed by atoms with Gasteiger partial charge in [0.25, 0.3) is 0 Å². The maximum Gasteiger partial charge on any atom is 0.304 e. The molecule has 1 saturated carbocycles. The molecular weight excluding hydrogens is 474 g/mol. The number of hydrogen-bond acceptors (Lipinski definition) is 7. The zero-order valence-corrected chi connectivity index (χ0v) is 22.1. The summed E-state index contributed by atoms with van der Waals surface area (Å²) in [5, 5.41) is 25.8. The number of nitrogens with zero attached hydrogens (tertiary/aromatic N) is 5. The fraction of sp³-hybridized carbons (Fsp3) is 0.481. The molecule has 1 aromatic carbocycles. The van der Waals surface area contributed by atoms with Crippen LogP contribution in [0.25, 0.3) is 10.9 Å². The molecule has 8 nitrogen and oxygen atoms in total. The average Bonchev–Trinajstić information content (AvgIpc) is 3.49. The number of amides is 1. The van der Waals surface area contributed by atoms with E-state index >= 15 is 0 Å². The van der Waals surface area contributed by atoms with Crippen LogP contribution in [0.1, 0.15) is 51.8 Å². The van der Waals surface area contributed by atoms with Gasteiger partial charge in [-0.2, -0.15) is 0 Å². The Morgan fingerprint density at radius 1 is 1.19 bits per heavy atom. The molecule has 2 aliphatic rings. The number of fused-ring (bicyclic) bond motifs is 3. The number of aromatic nitrogens is 1. The van der Waals surface area contributed by atoms with Gasteiger partial charge in [-0.1, -0.05) is 50.2 Å². The summed E-state index contributed by atoms with van der Waals surface area (Å²) in [4.78, 5) is 20.9. The van der Waals surface area contributed by atoms with E-state index in [0.29, 0.717) is 34.9 Å². The molecule has 36 heavy (non-hydrogen) atoms. The highest BCUT2D eigenvalue weighted by Crippen LogP contribution is 2.53. The molecule has 1 saturated heterocycles. The van der Waals surface area contributed by atoms with Gasteiger partial charge in [0.05, 0.1) is 22.8 Å². The van der Waals surface area contributed by atoms with Crippen LogP contribution in [-0.2, 0) is 16.3 Å². The van der Waals surface area contributed by atoms with Gasteiger partial charge in [-0.05, 0) is 54.5 Å². The lowest BCUT2D eigenvalue weighted by molar-refractivity contribution is -0.122. The van der Waals surface area contributed by atoms with E-state index in [4.69, 9.17) is 4.84 Å². The van der Waals surface area contributed by atoms with Crippen molar-refractivity contribution in [3.8, 4) is 5.88 Å². The maximum atomic E-state index is 12.3. The summed E-state index contributed by atoms with van der Waals surface area (Å²) in [6.45, 7) is 10.2. The first-order valence-electron chi connectivity index (χ1n) is 12.3. The molecule has 2 bridgehead atoms. The Balaban J connectivity index is 1.33. The third kappa shape index (κ3) is 4.95. The van der Waals surface area contributed by atoms with Crippen molar-refractivity contribution in [3.05, 3.63) is 46.7 Å². The van der Waals surface area contributed by atoms with Crippen LogP contribution in [0, 0.1) is 10.8 Å². The summed E-state index contributed by atoms with van der Waals surface area (Å²) in [6, 6.07) is 12.0. The summed E-state index contributed by atoms with van der Waals surface area (Å²) in [7, 11) is 0. The lowest BCUT2D eigenvalue weighted by Crippen LogP contribution is -2.35. The summed E-state index contributed by atoms with van der Waals surface area (Å²) in [5.74, 6) is -0.552. The SMILES string of the molecule is CC(=NOCC(=O)N=Nc1c(O)n(CN2CC3(C)CC2CC(C)(C)C3)c2ccccc12)c1cccs1. The van der Waals surface area contributed by atoms with Crippen LogP contribution in [-0.4, -0.2) is 45.4 Å². The van der Waals surface area contributed by atoms with Gasteiger partial charge >= 0.3 is 5.91 Å². The highest BCUT2D eigenvalue weighted by Gasteiger charge is 2.49. The van der Waals surface area contributed by atoms with Crippen molar-refractivity contribution in [1.82, 2.24) is 9.47 Å². The second kappa shape index (κ2) is 9.44. The quantitative estimate of drug-likeness (QED) is 0.230. The van der Waals surface area contributed by atoms with E-state index in [1.807, 2.05) is 53.3 Å². The summed E-state index contributed by atoms with van der Waals surface area (Å²) < 4.78 is 1.89. The molecule has 1 amide bonds. The molecule has 1 N–H and O–H groups in total. The standard InChI is InChI=1S/C27H33N5O3S/c1-18(22-10-7-11-36-22)30-35-14-23(33)28-29-24-20-8-5-6-9-21(20)32(25(24)34)17-31-16-27(4)13-19(31)12-26(2,3)15-27/h5-11,19,34H,12-17H2,1-4H3. The van der Waals surface area contributed by atoms with E-state index in [-0.39, 0.29) is 12.5 Å². The zero-order valence-electron chi connectivity index (χ0n) is 21.3. The van der Waals surface area contributed by atoms with Gasteiger partial charge in [0.2, 0.25) is 5.88 Å². The van der Waals surface area contributed by atoms with Crippen LogP contribution < -0.4 is 0 Å². The fourth-order valence-corrected chi connectivity index (χ4v) is 6.95. The number of likely N-dealkylation sites (tertiary alicyclic amines) is 1. The highest BCUT2D eigenvalue weighted by atomic mass is 32.1. The van der Waals surface area contributed by atoms with Gasteiger partial charge in [-0.3, -0.25) is 14.3 Å². The molecule has 1 aliphatic heterocycles. The van der Waals surface area contributed by atoms with Crippen LogP contribution in [0.4, 0.5) is 5.69 Å². The van der Waals surface area contributed by atoms with Crippen molar-refractivity contribution in [2.75, 3.05) is 13.2 Å². The van der Waals surface area contributed by atoms with Crippen molar-refractivity contribution in [1.29, 1.82) is 0 Å². The molecule has 2 unspecified atom stereocenters. The van der Waals surface area contributed by atoms with E-state index in [2.05, 4.69) is 41.1 Å². The maximum absolute atomic E-state index is 12.3. The topological polar surface area (TPSA) is 91.8 Å². The Bertz CT molecular complexity index is 1330. The molecule has 0 spiro atoms. The van der Waals surface area contributed by atoms with E-state index in [1.165, 1.54) is 12.8 Å². The molecule has 3 aromatic rings. The summed E-state index contributed by atoms with van der Waals surface area (Å²) in [5.41, 5.74) is 2.48. The average molecular weight is 508 g/mol. The molecule has 5 rings (SSSR count). The van der Waals surface area contributed by atoms with E-state index in [9.17, 15) is 9.90 Å². The monoisotopic (exact) mass is 507 g/mol. The Labute approximate surface area is 215 Å². The molecule has 9 heteroatoms. The fourth-order valence-electron chi connectivity index (χ4n) is 6.29. The van der Waals surface area contributed by atoms with Crippen LogP contribution in [0.2, 0.25) is 0 Å². The highest BCUT2D eigenvalue weighted by molar-refractivity contribution is 7.12. The largest absolute Gasteiger partial charge is 0.493 e. The number of thiophene rings is 1. The van der Waals surface area contributed by atoms with Gasteiger partial charge in [0, 0.05) is 18.0 Å². The first-order valence-corrected chi connectivity index (χ1v) is 13.2.